The third-order valence-corrected chi connectivity index (χ3v) is 7.61. The number of hydrogen-bond acceptors (Lipinski definition) is 5. The highest BCUT2D eigenvalue weighted by atomic mass is 32.2. The molecule has 2 bridgehead atoms. The van der Waals surface area contributed by atoms with Crippen LogP contribution in [0, 0.1) is 5.82 Å². The van der Waals surface area contributed by atoms with Crippen molar-refractivity contribution in [2.24, 2.45) is 0 Å². The molecule has 2 aromatic rings. The van der Waals surface area contributed by atoms with Gasteiger partial charge in [0.2, 0.25) is 10.0 Å². The van der Waals surface area contributed by atoms with E-state index in [1.54, 1.807) is 42.5 Å². The summed E-state index contributed by atoms with van der Waals surface area (Å²) in [6, 6.07) is 10.9. The maximum absolute atomic E-state index is 15.8. The molecule has 0 spiro atoms. The number of ether oxygens (including phenoxy) is 1. The molecule has 0 radical (unpaired) electrons. The van der Waals surface area contributed by atoms with Crippen LogP contribution in [0.3, 0.4) is 0 Å². The van der Waals surface area contributed by atoms with Gasteiger partial charge in [0.15, 0.2) is 5.60 Å². The van der Waals surface area contributed by atoms with Crippen molar-refractivity contribution < 1.29 is 31.5 Å². The fraction of sp³-hybridized carbons (Fsp3) is 0.462. The predicted octanol–water partition coefficient (Wildman–Crippen LogP) is 3.38. The van der Waals surface area contributed by atoms with Crippen LogP contribution in [-0.2, 0) is 30.8 Å². The van der Waals surface area contributed by atoms with Gasteiger partial charge in [-0.15, -0.1) is 0 Å². The maximum atomic E-state index is 15.8. The Morgan fingerprint density at radius 1 is 1.14 bits per heavy atom. The van der Waals surface area contributed by atoms with E-state index in [-0.39, 0.29) is 24.8 Å². The fourth-order valence-corrected chi connectivity index (χ4v) is 6.24. The molecule has 2 atom stereocenters. The van der Waals surface area contributed by atoms with E-state index in [1.807, 2.05) is 6.07 Å². The Hall–Kier alpha value is -2.85. The highest BCUT2D eigenvalue weighted by Crippen LogP contribution is 2.51. The van der Waals surface area contributed by atoms with Crippen molar-refractivity contribution in [3.05, 3.63) is 59.9 Å². The van der Waals surface area contributed by atoms with E-state index in [4.69, 9.17) is 4.74 Å². The first-order valence-electron chi connectivity index (χ1n) is 11.7. The van der Waals surface area contributed by atoms with Crippen molar-refractivity contribution >= 4 is 21.9 Å². The topological polar surface area (TPSA) is 92.8 Å². The first kappa shape index (κ1) is 26.2. The van der Waals surface area contributed by atoms with Crippen molar-refractivity contribution in [2.75, 3.05) is 6.26 Å². The number of carbonyl (C=O) groups excluding carboxylic acids is 2. The van der Waals surface area contributed by atoms with E-state index in [1.165, 1.54) is 25.7 Å². The van der Waals surface area contributed by atoms with Gasteiger partial charge in [-0.05, 0) is 31.4 Å². The molecule has 0 aromatic heterocycles. The molecule has 1 N–H and O–H groups in total. The van der Waals surface area contributed by atoms with Crippen molar-refractivity contribution in [1.82, 2.24) is 9.62 Å². The summed E-state index contributed by atoms with van der Waals surface area (Å²) in [6.07, 6.45) is 0.656. The molecule has 5 rings (SSSR count). The quantitative estimate of drug-likeness (QED) is 0.565. The Morgan fingerprint density at radius 3 is 2.36 bits per heavy atom. The summed E-state index contributed by atoms with van der Waals surface area (Å²) < 4.78 is 63.6. The number of sulfonamides is 1. The van der Waals surface area contributed by atoms with E-state index in [0.717, 1.165) is 6.26 Å². The number of rotatable bonds is 7. The summed E-state index contributed by atoms with van der Waals surface area (Å²) >= 11 is 0. The van der Waals surface area contributed by atoms with Gasteiger partial charge in [-0.3, -0.25) is 9.59 Å². The minimum atomic E-state index is -3.87. The van der Waals surface area contributed by atoms with Gasteiger partial charge in [0.05, 0.1) is 18.3 Å². The minimum absolute atomic E-state index is 0.0644. The summed E-state index contributed by atoms with van der Waals surface area (Å²) in [6.45, 7) is 4.04. The van der Waals surface area contributed by atoms with Gasteiger partial charge in [0, 0.05) is 31.4 Å². The van der Waals surface area contributed by atoms with Gasteiger partial charge in [-0.2, -0.15) is 0 Å². The summed E-state index contributed by atoms with van der Waals surface area (Å²) in [4.78, 5) is 26.7. The van der Waals surface area contributed by atoms with Crippen LogP contribution in [0.25, 0.3) is 11.1 Å². The fourth-order valence-electron chi connectivity index (χ4n) is 5.42. The van der Waals surface area contributed by atoms with Gasteiger partial charge >= 0.3 is 5.97 Å². The van der Waals surface area contributed by atoms with Gasteiger partial charge in [0.1, 0.15) is 11.5 Å². The van der Waals surface area contributed by atoms with E-state index in [2.05, 4.69) is 4.72 Å². The average Bonchev–Trinajstić information content (AvgIpc) is 2.75. The van der Waals surface area contributed by atoms with Crippen LogP contribution in [0.15, 0.2) is 48.5 Å². The number of piperidine rings is 2. The number of alkyl halides is 1. The van der Waals surface area contributed by atoms with Crippen molar-refractivity contribution in [3.8, 4) is 11.1 Å². The van der Waals surface area contributed by atoms with Crippen LogP contribution in [0.2, 0.25) is 0 Å². The zero-order chi connectivity index (χ0) is 26.5. The number of halogens is 2. The number of nitrogens with one attached hydrogen (secondary N) is 1. The first-order chi connectivity index (χ1) is 16.7. The second-order valence-corrected chi connectivity index (χ2v) is 12.0. The molecule has 0 unspecified atom stereocenters. The molecule has 1 saturated carbocycles. The van der Waals surface area contributed by atoms with Crippen LogP contribution in [0.5, 0.6) is 0 Å². The van der Waals surface area contributed by atoms with Crippen LogP contribution in [-0.4, -0.2) is 60.8 Å². The predicted molar refractivity (Wildman–Crippen MR) is 131 cm³/mol. The molecular weight excluding hydrogens is 490 g/mol. The molecule has 7 nitrogen and oxygen atoms in total. The zero-order valence-electron chi connectivity index (χ0n) is 20.6. The minimum Gasteiger partial charge on any atom is -0.450 e. The smallest absolute Gasteiger partial charge is 0.303 e. The monoisotopic (exact) mass is 520 g/mol. The molecule has 10 heteroatoms. The Labute approximate surface area is 209 Å². The highest BCUT2D eigenvalue weighted by molar-refractivity contribution is 7.88. The lowest BCUT2D eigenvalue weighted by atomic mass is 9.64. The molecule has 3 fully saturated rings. The number of amides is 1. The molecule has 2 heterocycles. The normalized spacial score (nSPS) is 25.7. The summed E-state index contributed by atoms with van der Waals surface area (Å²) in [7, 11) is -3.87. The van der Waals surface area contributed by atoms with E-state index in [0.29, 0.717) is 11.1 Å². The molecule has 2 aliphatic heterocycles. The number of esters is 1. The summed E-state index contributed by atoms with van der Waals surface area (Å²) in [5.41, 5.74) is -2.24. The van der Waals surface area contributed by atoms with Crippen LogP contribution < -0.4 is 4.72 Å². The van der Waals surface area contributed by atoms with Crippen LogP contribution in [0.1, 0.15) is 39.2 Å². The maximum Gasteiger partial charge on any atom is 0.303 e. The first-order valence-corrected chi connectivity index (χ1v) is 13.6. The zero-order valence-corrected chi connectivity index (χ0v) is 21.4. The largest absolute Gasteiger partial charge is 0.450 e. The molecule has 1 amide bonds. The lowest BCUT2D eigenvalue weighted by Gasteiger charge is -2.61. The SMILES string of the molecule is CC(=O)OC(C)(C)C(=O)N1C2CC(F)(C2)[C@H](NS(C)(=O)=O)[C@@H]1Cc1cccc(-c2ccccc2)c1F. The average molecular weight is 521 g/mol. The number of hydrogen-bond donors (Lipinski definition) is 1. The lowest BCUT2D eigenvalue weighted by Crippen LogP contribution is -2.78. The number of fused-ring (bicyclic) bond motifs is 2. The number of benzene rings is 2. The third-order valence-electron chi connectivity index (χ3n) is 6.92. The van der Waals surface area contributed by atoms with E-state index >= 15 is 8.78 Å². The molecule has 194 valence electrons. The van der Waals surface area contributed by atoms with Crippen molar-refractivity contribution in [1.29, 1.82) is 0 Å². The summed E-state index contributed by atoms with van der Waals surface area (Å²) in [5, 5.41) is 0. The highest BCUT2D eigenvalue weighted by Gasteiger charge is 2.64. The van der Waals surface area contributed by atoms with Crippen LogP contribution >= 0.6 is 0 Å². The Bertz CT molecular complexity index is 1280. The van der Waals surface area contributed by atoms with Gasteiger partial charge in [-0.25, -0.2) is 21.9 Å². The van der Waals surface area contributed by atoms with Gasteiger partial charge in [-0.1, -0.05) is 48.5 Å². The molecular formula is C26H30F2N2O5S. The molecule has 2 saturated heterocycles. The second kappa shape index (κ2) is 9.23. The van der Waals surface area contributed by atoms with E-state index < -0.39 is 57.1 Å². The standard InChI is InChI=1S/C26H30F2N2O5S/c1-16(31)35-25(2,3)24(32)30-19-14-26(28,15-19)23(29-36(4,33)34)21(30)13-18-11-8-12-20(22(18)27)17-9-6-5-7-10-17/h5-12,19,21,23,29H,13-15H2,1-4H3/t19?,21-,23+,26?/m0/s1. The van der Waals surface area contributed by atoms with E-state index in [9.17, 15) is 18.0 Å². The Balaban J connectivity index is 1.77. The van der Waals surface area contributed by atoms with Gasteiger partial charge < -0.3 is 9.64 Å². The second-order valence-electron chi connectivity index (χ2n) is 10.2. The summed E-state index contributed by atoms with van der Waals surface area (Å²) in [5.74, 6) is -1.78. The molecule has 2 aromatic carbocycles. The Kier molecular flexibility index (Phi) is 6.72. The van der Waals surface area contributed by atoms with Crippen molar-refractivity contribution in [3.63, 3.8) is 0 Å². The molecule has 1 aliphatic carbocycles. The number of nitrogens with zero attached hydrogens (tertiary/aromatic N) is 1. The molecule has 36 heavy (non-hydrogen) atoms. The van der Waals surface area contributed by atoms with Crippen molar-refractivity contribution in [2.45, 2.75) is 69.4 Å². The van der Waals surface area contributed by atoms with Gasteiger partial charge in [0.25, 0.3) is 5.91 Å². The lowest BCUT2D eigenvalue weighted by molar-refractivity contribution is -0.189. The number of carbonyl (C=O) groups is 2. The van der Waals surface area contributed by atoms with Crippen LogP contribution in [0.4, 0.5) is 8.78 Å². The molecule has 3 aliphatic rings. The third kappa shape index (κ3) is 5.01. The Morgan fingerprint density at radius 2 is 1.78 bits per heavy atom.